The molecule has 38 heavy (non-hydrogen) atoms. The molecule has 0 bridgehead atoms. The summed E-state index contributed by atoms with van der Waals surface area (Å²) in [7, 11) is -3.73. The number of rotatable bonds is 8. The molecular formula is C27H28Cl4N2O4S. The summed E-state index contributed by atoms with van der Waals surface area (Å²) in [6.45, 7) is 5.93. The van der Waals surface area contributed by atoms with Crippen molar-refractivity contribution in [2.45, 2.75) is 44.2 Å². The summed E-state index contributed by atoms with van der Waals surface area (Å²) in [5.74, 6) is 0.338. The summed E-state index contributed by atoms with van der Waals surface area (Å²) >= 11 is 24.7. The maximum absolute atomic E-state index is 12.9. The van der Waals surface area contributed by atoms with Crippen LogP contribution in [0, 0.1) is 5.92 Å². The molecule has 1 unspecified atom stereocenters. The van der Waals surface area contributed by atoms with Crippen LogP contribution in [0.25, 0.3) is 0 Å². The monoisotopic (exact) mass is 616 g/mol. The van der Waals surface area contributed by atoms with Crippen LogP contribution in [0.1, 0.15) is 38.3 Å². The third-order valence-electron chi connectivity index (χ3n) is 6.05. The Labute approximate surface area is 243 Å². The van der Waals surface area contributed by atoms with Crippen LogP contribution in [-0.4, -0.2) is 42.9 Å². The standard InChI is InChI=1S/C27H28Cl4N2O4S/c1-5-37-23-15-22(30)24(38(4,35)36)14-21(23)25(32-27(2,3)18-8-12-20(29)13-9-18)33(26(31)34)16-17-6-10-19(28)11-7-17/h6-8,10-15,18H,5,9,16H2,1-4H3/b32-25-. The molecule has 0 N–H and O–H groups in total. The number of nitrogens with zero attached hydrogens (tertiary/aromatic N) is 2. The van der Waals surface area contributed by atoms with Crippen molar-refractivity contribution >= 4 is 67.4 Å². The van der Waals surface area contributed by atoms with Gasteiger partial charge in [-0.1, -0.05) is 59.1 Å². The molecule has 2 aromatic carbocycles. The maximum atomic E-state index is 12.9. The van der Waals surface area contributed by atoms with Crippen molar-refractivity contribution < 1.29 is 17.9 Å². The number of sulfone groups is 1. The van der Waals surface area contributed by atoms with Gasteiger partial charge in [0.2, 0.25) is 0 Å². The number of aliphatic imine (C=N–C) groups is 1. The lowest BCUT2D eigenvalue weighted by Crippen LogP contribution is -2.38. The zero-order valence-electron chi connectivity index (χ0n) is 21.3. The van der Waals surface area contributed by atoms with Crippen molar-refractivity contribution in [3.63, 3.8) is 0 Å². The van der Waals surface area contributed by atoms with Gasteiger partial charge in [-0.05, 0) is 68.6 Å². The number of hydrogen-bond donors (Lipinski definition) is 0. The molecule has 0 aliphatic heterocycles. The number of halogens is 4. The van der Waals surface area contributed by atoms with E-state index in [1.54, 1.807) is 37.3 Å². The van der Waals surface area contributed by atoms with Gasteiger partial charge in [0.05, 0.1) is 34.2 Å². The van der Waals surface area contributed by atoms with Crippen LogP contribution in [0.3, 0.4) is 0 Å². The highest BCUT2D eigenvalue weighted by Crippen LogP contribution is 2.36. The number of amides is 1. The predicted molar refractivity (Wildman–Crippen MR) is 156 cm³/mol. The van der Waals surface area contributed by atoms with Crippen LogP contribution in [0.2, 0.25) is 10.0 Å². The molecule has 204 valence electrons. The highest BCUT2D eigenvalue weighted by Gasteiger charge is 2.33. The van der Waals surface area contributed by atoms with E-state index in [1.165, 1.54) is 17.0 Å². The van der Waals surface area contributed by atoms with Crippen molar-refractivity contribution in [2.24, 2.45) is 10.9 Å². The Kier molecular flexibility index (Phi) is 9.98. The number of benzene rings is 2. The number of ether oxygens (including phenoxy) is 1. The van der Waals surface area contributed by atoms with Gasteiger partial charge in [-0.2, -0.15) is 0 Å². The molecule has 1 amide bonds. The fraction of sp³-hybridized carbons (Fsp3) is 0.333. The highest BCUT2D eigenvalue weighted by atomic mass is 35.5. The molecule has 11 heteroatoms. The number of hydrogen-bond acceptors (Lipinski definition) is 5. The van der Waals surface area contributed by atoms with E-state index in [0.29, 0.717) is 16.5 Å². The molecule has 0 fully saturated rings. The molecule has 1 aliphatic carbocycles. The average Bonchev–Trinajstić information content (AvgIpc) is 2.82. The van der Waals surface area contributed by atoms with Crippen LogP contribution in [0.15, 0.2) is 69.5 Å². The minimum Gasteiger partial charge on any atom is -0.493 e. The summed E-state index contributed by atoms with van der Waals surface area (Å²) in [4.78, 5) is 19.1. The lowest BCUT2D eigenvalue weighted by atomic mass is 9.83. The van der Waals surface area contributed by atoms with Crippen LogP contribution in [-0.2, 0) is 16.4 Å². The first-order valence-electron chi connectivity index (χ1n) is 11.7. The zero-order chi connectivity index (χ0) is 28.3. The zero-order valence-corrected chi connectivity index (χ0v) is 25.2. The van der Waals surface area contributed by atoms with Crippen LogP contribution in [0.5, 0.6) is 5.75 Å². The number of carbonyl (C=O) groups is 1. The Morgan fingerprint density at radius 2 is 1.82 bits per heavy atom. The van der Waals surface area contributed by atoms with Crippen LogP contribution < -0.4 is 4.74 Å². The van der Waals surface area contributed by atoms with Crippen LogP contribution >= 0.6 is 46.4 Å². The SMILES string of the molecule is CCOc1cc(Cl)c(S(C)(=O)=O)cc1/C(=N/C(C)(C)C1C=CC(Cl)=CC1)N(Cc1ccc(Cl)cc1)C(=O)Cl. The highest BCUT2D eigenvalue weighted by molar-refractivity contribution is 7.90. The molecule has 1 atom stereocenters. The van der Waals surface area contributed by atoms with Gasteiger partial charge in [0, 0.05) is 28.3 Å². The van der Waals surface area contributed by atoms with Crippen molar-refractivity contribution in [1.29, 1.82) is 0 Å². The van der Waals surface area contributed by atoms with E-state index in [9.17, 15) is 13.2 Å². The molecule has 0 saturated heterocycles. The quantitative estimate of drug-likeness (QED) is 0.131. The summed E-state index contributed by atoms with van der Waals surface area (Å²) in [6.07, 6.45) is 7.35. The van der Waals surface area contributed by atoms with Gasteiger partial charge in [-0.25, -0.2) is 8.42 Å². The van der Waals surface area contributed by atoms with E-state index in [-0.39, 0.29) is 46.1 Å². The topological polar surface area (TPSA) is 76.0 Å². The van der Waals surface area contributed by atoms with Crippen molar-refractivity contribution in [2.75, 3.05) is 12.9 Å². The Balaban J connectivity index is 2.29. The van der Waals surface area contributed by atoms with E-state index >= 15 is 0 Å². The first kappa shape index (κ1) is 30.5. The van der Waals surface area contributed by atoms with E-state index in [1.807, 2.05) is 26.0 Å². The Morgan fingerprint density at radius 1 is 1.16 bits per heavy atom. The fourth-order valence-electron chi connectivity index (χ4n) is 4.00. The second-order valence-electron chi connectivity index (χ2n) is 9.33. The second-order valence-corrected chi connectivity index (χ2v) is 12.9. The summed E-state index contributed by atoms with van der Waals surface area (Å²) in [6, 6.07) is 9.73. The lowest BCUT2D eigenvalue weighted by Gasteiger charge is -2.33. The van der Waals surface area contributed by atoms with Crippen molar-refractivity contribution in [3.05, 3.63) is 80.8 Å². The predicted octanol–water partition coefficient (Wildman–Crippen LogP) is 7.88. The number of amidine groups is 1. The lowest BCUT2D eigenvalue weighted by molar-refractivity contribution is 0.241. The molecular weight excluding hydrogens is 590 g/mol. The van der Waals surface area contributed by atoms with Gasteiger partial charge in [-0.3, -0.25) is 14.7 Å². The smallest absolute Gasteiger partial charge is 0.322 e. The van der Waals surface area contributed by atoms with Gasteiger partial charge in [0.15, 0.2) is 9.84 Å². The molecule has 0 saturated carbocycles. The van der Waals surface area contributed by atoms with E-state index in [2.05, 4.69) is 0 Å². The summed E-state index contributed by atoms with van der Waals surface area (Å²) in [5.41, 5.74) is 0.233. The van der Waals surface area contributed by atoms with E-state index < -0.39 is 20.7 Å². The number of carbonyl (C=O) groups excluding carboxylic acids is 1. The average molecular weight is 618 g/mol. The third kappa shape index (κ3) is 7.54. The van der Waals surface area contributed by atoms with Gasteiger partial charge in [0.1, 0.15) is 11.6 Å². The minimum atomic E-state index is -3.73. The minimum absolute atomic E-state index is 0.00486. The molecule has 2 aromatic rings. The first-order chi connectivity index (χ1) is 17.7. The van der Waals surface area contributed by atoms with Crippen molar-refractivity contribution in [3.8, 4) is 5.75 Å². The normalized spacial score (nSPS) is 16.3. The maximum Gasteiger partial charge on any atom is 0.322 e. The van der Waals surface area contributed by atoms with Gasteiger partial charge in [0.25, 0.3) is 0 Å². The molecule has 3 rings (SSSR count). The van der Waals surface area contributed by atoms with E-state index in [4.69, 9.17) is 56.1 Å². The molecule has 1 aliphatic rings. The van der Waals surface area contributed by atoms with E-state index in [0.717, 1.165) is 11.8 Å². The Morgan fingerprint density at radius 3 is 2.34 bits per heavy atom. The molecule has 0 spiro atoms. The van der Waals surface area contributed by atoms with Crippen molar-refractivity contribution in [1.82, 2.24) is 4.90 Å². The Hall–Kier alpha value is -2.03. The fourth-order valence-corrected chi connectivity index (χ4v) is 5.75. The first-order valence-corrected chi connectivity index (χ1v) is 15.1. The second kappa shape index (κ2) is 12.4. The number of allylic oxidation sites excluding steroid dienone is 3. The summed E-state index contributed by atoms with van der Waals surface area (Å²) in [5, 5.41) is 0.359. The Bertz CT molecular complexity index is 1400. The largest absolute Gasteiger partial charge is 0.493 e. The molecule has 6 nitrogen and oxygen atoms in total. The molecule has 0 heterocycles. The van der Waals surface area contributed by atoms with Gasteiger partial charge < -0.3 is 4.74 Å². The van der Waals surface area contributed by atoms with Gasteiger partial charge >= 0.3 is 5.37 Å². The molecule has 0 radical (unpaired) electrons. The van der Waals surface area contributed by atoms with Crippen LogP contribution in [0.4, 0.5) is 4.79 Å². The summed E-state index contributed by atoms with van der Waals surface area (Å²) < 4.78 is 31.0. The molecule has 0 aromatic heterocycles. The van der Waals surface area contributed by atoms with Gasteiger partial charge in [-0.15, -0.1) is 0 Å². The third-order valence-corrected chi connectivity index (χ3v) is 8.35.